The van der Waals surface area contributed by atoms with Crippen LogP contribution in [0.2, 0.25) is 0 Å². The van der Waals surface area contributed by atoms with E-state index in [2.05, 4.69) is 5.10 Å². The molecule has 128 valence electrons. The van der Waals surface area contributed by atoms with Crippen LogP contribution in [0.5, 0.6) is 0 Å². The lowest BCUT2D eigenvalue weighted by molar-refractivity contribution is -0.150. The molecule has 1 aromatic carbocycles. The number of amides is 1. The van der Waals surface area contributed by atoms with Gasteiger partial charge in [0.25, 0.3) is 0 Å². The smallest absolute Gasteiger partial charge is 0.224 e. The van der Waals surface area contributed by atoms with Crippen LogP contribution in [0.3, 0.4) is 0 Å². The van der Waals surface area contributed by atoms with Gasteiger partial charge in [0, 0.05) is 37.8 Å². The Balaban J connectivity index is 1.67. The Morgan fingerprint density at radius 3 is 2.83 bits per heavy atom. The van der Waals surface area contributed by atoms with Crippen LogP contribution in [0.1, 0.15) is 30.5 Å². The number of nitrogens with zero attached hydrogens (tertiary/aromatic N) is 3. The van der Waals surface area contributed by atoms with Crippen molar-refractivity contribution in [2.45, 2.75) is 25.0 Å². The van der Waals surface area contributed by atoms with E-state index in [1.54, 1.807) is 10.9 Å². The third-order valence-electron chi connectivity index (χ3n) is 4.56. The lowest BCUT2D eigenvalue weighted by Crippen LogP contribution is -2.50. The molecule has 0 spiro atoms. The number of carbonyl (C=O) groups is 1. The van der Waals surface area contributed by atoms with Crippen LogP contribution in [0.15, 0.2) is 42.7 Å². The first-order valence-corrected chi connectivity index (χ1v) is 8.19. The summed E-state index contributed by atoms with van der Waals surface area (Å²) in [4.78, 5) is 14.5. The maximum absolute atomic E-state index is 12.7. The van der Waals surface area contributed by atoms with Crippen LogP contribution < -0.4 is 5.73 Å². The molecule has 6 nitrogen and oxygen atoms in total. The Bertz CT molecular complexity index is 700. The second-order valence-corrected chi connectivity index (χ2v) is 6.52. The Morgan fingerprint density at radius 2 is 2.17 bits per heavy atom. The fourth-order valence-electron chi connectivity index (χ4n) is 3.09. The first kappa shape index (κ1) is 16.7. The van der Waals surface area contributed by atoms with Crippen molar-refractivity contribution in [2.24, 2.45) is 12.8 Å². The van der Waals surface area contributed by atoms with E-state index < -0.39 is 5.60 Å². The molecular formula is C18H24N4O2. The minimum Gasteiger partial charge on any atom is -0.367 e. The highest BCUT2D eigenvalue weighted by molar-refractivity contribution is 5.77. The fourth-order valence-corrected chi connectivity index (χ4v) is 3.09. The van der Waals surface area contributed by atoms with E-state index >= 15 is 0 Å². The van der Waals surface area contributed by atoms with E-state index in [4.69, 9.17) is 10.5 Å². The minimum absolute atomic E-state index is 0.0600. The van der Waals surface area contributed by atoms with Crippen molar-refractivity contribution in [3.05, 3.63) is 53.9 Å². The van der Waals surface area contributed by atoms with Gasteiger partial charge in [0.2, 0.25) is 5.91 Å². The summed E-state index contributed by atoms with van der Waals surface area (Å²) in [6.45, 7) is 3.62. The molecular weight excluding hydrogens is 304 g/mol. The van der Waals surface area contributed by atoms with E-state index in [1.807, 2.05) is 55.4 Å². The summed E-state index contributed by atoms with van der Waals surface area (Å²) < 4.78 is 7.70. The van der Waals surface area contributed by atoms with Crippen LogP contribution in [-0.4, -0.2) is 40.3 Å². The van der Waals surface area contributed by atoms with Crippen molar-refractivity contribution in [3.63, 3.8) is 0 Å². The predicted molar refractivity (Wildman–Crippen MR) is 91.1 cm³/mol. The van der Waals surface area contributed by atoms with Gasteiger partial charge in [-0.15, -0.1) is 0 Å². The molecule has 0 radical (unpaired) electrons. The van der Waals surface area contributed by atoms with Crippen molar-refractivity contribution < 1.29 is 9.53 Å². The van der Waals surface area contributed by atoms with Gasteiger partial charge in [0.05, 0.1) is 19.3 Å². The summed E-state index contributed by atoms with van der Waals surface area (Å²) >= 11 is 0. The molecule has 1 aliphatic heterocycles. The summed E-state index contributed by atoms with van der Waals surface area (Å²) in [7, 11) is 1.87. The van der Waals surface area contributed by atoms with Crippen LogP contribution in [-0.2, 0) is 22.2 Å². The monoisotopic (exact) mass is 328 g/mol. The molecule has 24 heavy (non-hydrogen) atoms. The standard InChI is InChI=1S/C18H24N4O2/c1-18(15-11-20-21(2)12-15)13-22(8-9-24-18)17(23)10-16(19)14-6-4-3-5-7-14/h3-7,11-12,16H,8-10,13,19H2,1-2H3/t16-,18+/m1/s1. The average molecular weight is 328 g/mol. The normalized spacial score (nSPS) is 22.4. The average Bonchev–Trinajstić information content (AvgIpc) is 3.03. The summed E-state index contributed by atoms with van der Waals surface area (Å²) in [5.74, 6) is 0.0600. The number of carbonyl (C=O) groups excluding carboxylic acids is 1. The van der Waals surface area contributed by atoms with Gasteiger partial charge < -0.3 is 15.4 Å². The Hall–Kier alpha value is -2.18. The van der Waals surface area contributed by atoms with Crippen LogP contribution in [0, 0.1) is 0 Å². The Labute approximate surface area is 142 Å². The fraction of sp³-hybridized carbons (Fsp3) is 0.444. The molecule has 1 saturated heterocycles. The number of hydrogen-bond acceptors (Lipinski definition) is 4. The summed E-state index contributed by atoms with van der Waals surface area (Å²) in [6.07, 6.45) is 4.03. The largest absolute Gasteiger partial charge is 0.367 e. The molecule has 2 aromatic rings. The predicted octanol–water partition coefficient (Wildman–Crippen LogP) is 1.58. The summed E-state index contributed by atoms with van der Waals surface area (Å²) in [5, 5.41) is 4.21. The van der Waals surface area contributed by atoms with Gasteiger partial charge in [-0.2, -0.15) is 5.10 Å². The van der Waals surface area contributed by atoms with Crippen molar-refractivity contribution >= 4 is 5.91 Å². The van der Waals surface area contributed by atoms with Gasteiger partial charge >= 0.3 is 0 Å². The highest BCUT2D eigenvalue weighted by atomic mass is 16.5. The number of hydrogen-bond donors (Lipinski definition) is 1. The number of benzene rings is 1. The number of nitrogens with two attached hydrogens (primary N) is 1. The Kier molecular flexibility index (Phi) is 4.69. The van der Waals surface area contributed by atoms with E-state index in [1.165, 1.54) is 0 Å². The second kappa shape index (κ2) is 6.75. The number of morpholine rings is 1. The highest BCUT2D eigenvalue weighted by Gasteiger charge is 2.36. The van der Waals surface area contributed by atoms with Gasteiger partial charge in [-0.1, -0.05) is 30.3 Å². The maximum Gasteiger partial charge on any atom is 0.224 e. The van der Waals surface area contributed by atoms with Crippen LogP contribution in [0.25, 0.3) is 0 Å². The zero-order valence-corrected chi connectivity index (χ0v) is 14.2. The van der Waals surface area contributed by atoms with Crippen molar-refractivity contribution in [1.29, 1.82) is 0 Å². The molecule has 2 atom stereocenters. The van der Waals surface area contributed by atoms with Crippen molar-refractivity contribution in [3.8, 4) is 0 Å². The topological polar surface area (TPSA) is 73.4 Å². The second-order valence-electron chi connectivity index (χ2n) is 6.52. The molecule has 0 aliphatic carbocycles. The van der Waals surface area contributed by atoms with Gasteiger partial charge in [-0.3, -0.25) is 9.48 Å². The number of aryl methyl sites for hydroxylation is 1. The quantitative estimate of drug-likeness (QED) is 0.925. The molecule has 1 aromatic heterocycles. The number of aromatic nitrogens is 2. The molecule has 2 N–H and O–H groups in total. The van der Waals surface area contributed by atoms with Gasteiger partial charge in [0.1, 0.15) is 5.60 Å². The van der Waals surface area contributed by atoms with Gasteiger partial charge in [-0.25, -0.2) is 0 Å². The lowest BCUT2D eigenvalue weighted by Gasteiger charge is -2.40. The molecule has 6 heteroatoms. The molecule has 1 fully saturated rings. The molecule has 1 amide bonds. The van der Waals surface area contributed by atoms with Crippen LogP contribution in [0.4, 0.5) is 0 Å². The molecule has 1 aliphatic rings. The number of ether oxygens (including phenoxy) is 1. The zero-order chi connectivity index (χ0) is 17.2. The van der Waals surface area contributed by atoms with E-state index in [0.29, 0.717) is 26.1 Å². The summed E-state index contributed by atoms with van der Waals surface area (Å²) in [5.41, 5.74) is 7.63. The van der Waals surface area contributed by atoms with Crippen molar-refractivity contribution in [2.75, 3.05) is 19.7 Å². The maximum atomic E-state index is 12.7. The molecule has 2 heterocycles. The van der Waals surface area contributed by atoms with Gasteiger partial charge in [-0.05, 0) is 12.5 Å². The van der Waals surface area contributed by atoms with E-state index in [0.717, 1.165) is 11.1 Å². The first-order chi connectivity index (χ1) is 11.5. The highest BCUT2D eigenvalue weighted by Crippen LogP contribution is 2.29. The number of rotatable bonds is 4. The molecule has 0 unspecified atom stereocenters. The molecule has 0 saturated carbocycles. The van der Waals surface area contributed by atoms with Crippen LogP contribution >= 0.6 is 0 Å². The summed E-state index contributed by atoms with van der Waals surface area (Å²) in [6, 6.07) is 9.45. The SMILES string of the molecule is Cn1cc([C@]2(C)CN(C(=O)C[C@@H](N)c3ccccc3)CCO2)cn1. The van der Waals surface area contributed by atoms with E-state index in [9.17, 15) is 4.79 Å². The third-order valence-corrected chi connectivity index (χ3v) is 4.56. The zero-order valence-electron chi connectivity index (χ0n) is 14.2. The molecule has 0 bridgehead atoms. The minimum atomic E-state index is -0.529. The third kappa shape index (κ3) is 3.49. The Morgan fingerprint density at radius 1 is 1.42 bits per heavy atom. The van der Waals surface area contributed by atoms with Crippen molar-refractivity contribution in [1.82, 2.24) is 14.7 Å². The molecule has 3 rings (SSSR count). The van der Waals surface area contributed by atoms with Gasteiger partial charge in [0.15, 0.2) is 0 Å². The van der Waals surface area contributed by atoms with E-state index in [-0.39, 0.29) is 11.9 Å². The lowest BCUT2D eigenvalue weighted by atomic mass is 9.96. The first-order valence-electron chi connectivity index (χ1n) is 8.19.